The molecule has 0 radical (unpaired) electrons. The number of hydrogen-bond acceptors (Lipinski definition) is 3. The second-order valence-electron chi connectivity index (χ2n) is 4.67. The minimum atomic E-state index is -4.50. The predicted octanol–water partition coefficient (Wildman–Crippen LogP) is 2.32. The average molecular weight is 288 g/mol. The van der Waals surface area contributed by atoms with Crippen LogP contribution in [0.25, 0.3) is 0 Å². The van der Waals surface area contributed by atoms with E-state index in [1.807, 2.05) is 0 Å². The summed E-state index contributed by atoms with van der Waals surface area (Å²) in [5, 5.41) is 2.65. The Morgan fingerprint density at radius 2 is 2.25 bits per heavy atom. The monoisotopic (exact) mass is 288 g/mol. The van der Waals surface area contributed by atoms with Gasteiger partial charge in [-0.05, 0) is 31.9 Å². The fourth-order valence-electron chi connectivity index (χ4n) is 2.07. The molecule has 4 nitrogen and oxygen atoms in total. The van der Waals surface area contributed by atoms with E-state index in [0.717, 1.165) is 25.0 Å². The largest absolute Gasteiger partial charge is 0.433 e. The van der Waals surface area contributed by atoms with Crippen LogP contribution in [0.1, 0.15) is 34.6 Å². The van der Waals surface area contributed by atoms with Gasteiger partial charge in [0.1, 0.15) is 5.69 Å². The highest BCUT2D eigenvalue weighted by atomic mass is 19.4. The third kappa shape index (κ3) is 3.47. The first-order valence-corrected chi connectivity index (χ1v) is 6.32. The van der Waals surface area contributed by atoms with E-state index < -0.39 is 17.8 Å². The highest BCUT2D eigenvalue weighted by molar-refractivity contribution is 5.95. The normalized spacial score (nSPS) is 19.1. The van der Waals surface area contributed by atoms with E-state index in [9.17, 15) is 18.0 Å². The minimum Gasteiger partial charge on any atom is -0.376 e. The lowest BCUT2D eigenvalue weighted by molar-refractivity contribution is -0.141. The number of alkyl halides is 3. The molecule has 0 bridgehead atoms. The molecule has 1 saturated heterocycles. The van der Waals surface area contributed by atoms with Crippen molar-refractivity contribution < 1.29 is 22.7 Å². The van der Waals surface area contributed by atoms with Crippen molar-refractivity contribution in [2.75, 3.05) is 13.2 Å². The molecule has 1 N–H and O–H groups in total. The first kappa shape index (κ1) is 14.8. The van der Waals surface area contributed by atoms with Crippen LogP contribution in [0.4, 0.5) is 13.2 Å². The zero-order valence-electron chi connectivity index (χ0n) is 11.0. The second kappa shape index (κ2) is 5.78. The molecule has 2 rings (SSSR count). The molecule has 110 valence electrons. The molecule has 1 aromatic rings. The number of aryl methyl sites for hydroxylation is 1. The highest BCUT2D eigenvalue weighted by Crippen LogP contribution is 2.28. The maximum atomic E-state index is 12.5. The van der Waals surface area contributed by atoms with Crippen LogP contribution in [-0.4, -0.2) is 30.1 Å². The second-order valence-corrected chi connectivity index (χ2v) is 4.67. The van der Waals surface area contributed by atoms with Crippen LogP contribution >= 0.6 is 0 Å². The lowest BCUT2D eigenvalue weighted by Gasteiger charge is -2.13. The van der Waals surface area contributed by atoms with Crippen LogP contribution in [0.5, 0.6) is 0 Å². The number of ether oxygens (including phenoxy) is 1. The van der Waals surface area contributed by atoms with Crippen LogP contribution in [-0.2, 0) is 10.9 Å². The van der Waals surface area contributed by atoms with Crippen molar-refractivity contribution >= 4 is 5.91 Å². The van der Waals surface area contributed by atoms with Gasteiger partial charge in [-0.1, -0.05) is 0 Å². The van der Waals surface area contributed by atoms with Crippen molar-refractivity contribution in [1.29, 1.82) is 0 Å². The quantitative estimate of drug-likeness (QED) is 0.928. The zero-order chi connectivity index (χ0) is 14.8. The maximum absolute atomic E-state index is 12.5. The number of carbonyl (C=O) groups is 1. The summed E-state index contributed by atoms with van der Waals surface area (Å²) < 4.78 is 42.8. The molecule has 0 spiro atoms. The fraction of sp³-hybridized carbons (Fsp3) is 0.538. The van der Waals surface area contributed by atoms with E-state index in [0.29, 0.717) is 13.2 Å². The number of aromatic nitrogens is 1. The topological polar surface area (TPSA) is 51.2 Å². The van der Waals surface area contributed by atoms with E-state index in [4.69, 9.17) is 4.74 Å². The van der Waals surface area contributed by atoms with E-state index in [1.165, 1.54) is 6.92 Å². The van der Waals surface area contributed by atoms with Crippen LogP contribution in [0.15, 0.2) is 12.1 Å². The van der Waals surface area contributed by atoms with Crippen molar-refractivity contribution in [3.63, 3.8) is 0 Å². The Bertz CT molecular complexity index is 497. The molecule has 1 aliphatic heterocycles. The summed E-state index contributed by atoms with van der Waals surface area (Å²) >= 11 is 0. The lowest BCUT2D eigenvalue weighted by atomic mass is 10.1. The van der Waals surface area contributed by atoms with Crippen LogP contribution in [0, 0.1) is 6.92 Å². The Labute approximate surface area is 114 Å². The lowest BCUT2D eigenvalue weighted by Crippen LogP contribution is -2.32. The number of pyridine rings is 1. The van der Waals surface area contributed by atoms with Gasteiger partial charge in [0, 0.05) is 13.2 Å². The van der Waals surface area contributed by atoms with E-state index in [-0.39, 0.29) is 17.4 Å². The first-order valence-electron chi connectivity index (χ1n) is 6.32. The molecule has 0 aliphatic carbocycles. The number of rotatable bonds is 3. The maximum Gasteiger partial charge on any atom is 0.433 e. The summed E-state index contributed by atoms with van der Waals surface area (Å²) in [5.41, 5.74) is -0.786. The Hall–Kier alpha value is -1.63. The number of nitrogens with one attached hydrogen (secondary N) is 1. The van der Waals surface area contributed by atoms with Gasteiger partial charge in [-0.2, -0.15) is 13.2 Å². The summed E-state index contributed by atoms with van der Waals surface area (Å²) in [5.74, 6) is -0.431. The Morgan fingerprint density at radius 3 is 2.80 bits per heavy atom. The number of amides is 1. The minimum absolute atomic E-state index is 0.0123. The molecule has 1 fully saturated rings. The molecule has 1 aromatic heterocycles. The molecule has 1 unspecified atom stereocenters. The number of nitrogens with zero attached hydrogens (tertiary/aromatic N) is 1. The summed E-state index contributed by atoms with van der Waals surface area (Å²) in [6.07, 6.45) is -2.68. The fourth-order valence-corrected chi connectivity index (χ4v) is 2.07. The van der Waals surface area contributed by atoms with Gasteiger partial charge in [-0.15, -0.1) is 0 Å². The van der Waals surface area contributed by atoms with Gasteiger partial charge >= 0.3 is 6.18 Å². The van der Waals surface area contributed by atoms with Crippen molar-refractivity contribution in [2.24, 2.45) is 0 Å². The van der Waals surface area contributed by atoms with E-state index in [2.05, 4.69) is 10.3 Å². The third-order valence-electron chi connectivity index (χ3n) is 3.14. The zero-order valence-corrected chi connectivity index (χ0v) is 11.0. The summed E-state index contributed by atoms with van der Waals surface area (Å²) in [4.78, 5) is 15.3. The summed E-state index contributed by atoms with van der Waals surface area (Å²) in [6.45, 7) is 2.43. The van der Waals surface area contributed by atoms with Crippen molar-refractivity contribution in [3.05, 3.63) is 29.1 Å². The van der Waals surface area contributed by atoms with Gasteiger partial charge in [-0.3, -0.25) is 4.79 Å². The molecular formula is C13H15F3N2O2. The standard InChI is InChI=1S/C13H15F3N2O2/c1-8-10(4-5-11(18-8)13(14,15)16)12(19)17-7-9-3-2-6-20-9/h4-5,9H,2-3,6-7H2,1H3,(H,17,19). The molecule has 1 atom stereocenters. The number of hydrogen-bond donors (Lipinski definition) is 1. The van der Waals surface area contributed by atoms with Gasteiger partial charge in [0.15, 0.2) is 0 Å². The van der Waals surface area contributed by atoms with Gasteiger partial charge < -0.3 is 10.1 Å². The van der Waals surface area contributed by atoms with Crippen molar-refractivity contribution in [2.45, 2.75) is 32.0 Å². The SMILES string of the molecule is Cc1nc(C(F)(F)F)ccc1C(=O)NCC1CCCO1. The van der Waals surface area contributed by atoms with Crippen LogP contribution in [0.3, 0.4) is 0 Å². The highest BCUT2D eigenvalue weighted by Gasteiger charge is 2.33. The Morgan fingerprint density at radius 1 is 1.50 bits per heavy atom. The smallest absolute Gasteiger partial charge is 0.376 e. The average Bonchev–Trinajstić information content (AvgIpc) is 2.87. The summed E-state index contributed by atoms with van der Waals surface area (Å²) in [6, 6.07) is 1.96. The van der Waals surface area contributed by atoms with Crippen LogP contribution in [0.2, 0.25) is 0 Å². The molecule has 1 amide bonds. The van der Waals surface area contributed by atoms with E-state index in [1.54, 1.807) is 0 Å². The number of carbonyl (C=O) groups excluding carboxylic acids is 1. The van der Waals surface area contributed by atoms with Gasteiger partial charge in [0.2, 0.25) is 0 Å². The van der Waals surface area contributed by atoms with Crippen LogP contribution < -0.4 is 5.32 Å². The third-order valence-corrected chi connectivity index (χ3v) is 3.14. The summed E-state index contributed by atoms with van der Waals surface area (Å²) in [7, 11) is 0. The van der Waals surface area contributed by atoms with Crippen molar-refractivity contribution in [3.8, 4) is 0 Å². The molecular weight excluding hydrogens is 273 g/mol. The molecule has 2 heterocycles. The van der Waals surface area contributed by atoms with E-state index >= 15 is 0 Å². The first-order chi connectivity index (χ1) is 9.38. The Balaban J connectivity index is 2.02. The molecule has 7 heteroatoms. The molecule has 20 heavy (non-hydrogen) atoms. The van der Waals surface area contributed by atoms with Gasteiger partial charge in [0.05, 0.1) is 17.4 Å². The predicted molar refractivity (Wildman–Crippen MR) is 65.3 cm³/mol. The van der Waals surface area contributed by atoms with Gasteiger partial charge in [0.25, 0.3) is 5.91 Å². The Kier molecular flexibility index (Phi) is 4.27. The van der Waals surface area contributed by atoms with Crippen molar-refractivity contribution in [1.82, 2.24) is 10.3 Å². The molecule has 0 aromatic carbocycles. The molecule has 1 aliphatic rings. The van der Waals surface area contributed by atoms with Gasteiger partial charge in [-0.25, -0.2) is 4.98 Å². The molecule has 0 saturated carbocycles. The number of halogens is 3.